The molecular weight excluding hydrogens is 466 g/mol. The van der Waals surface area contributed by atoms with Gasteiger partial charge in [-0.1, -0.05) is 18.2 Å². The van der Waals surface area contributed by atoms with E-state index in [1.165, 1.54) is 18.4 Å². The molecule has 1 aliphatic heterocycles. The average Bonchev–Trinajstić information content (AvgIpc) is 3.58. The van der Waals surface area contributed by atoms with Crippen LogP contribution in [0.25, 0.3) is 0 Å². The molecule has 9 heteroatoms. The summed E-state index contributed by atoms with van der Waals surface area (Å²) in [6.45, 7) is 4.19. The molecule has 0 aliphatic carbocycles. The normalized spacial score (nSPS) is 15.1. The summed E-state index contributed by atoms with van der Waals surface area (Å²) in [6, 6.07) is 15.9. The van der Waals surface area contributed by atoms with Crippen LogP contribution < -0.4 is 14.8 Å². The topological polar surface area (TPSA) is 101 Å². The first-order chi connectivity index (χ1) is 16.9. The second-order valence-corrected chi connectivity index (χ2v) is 10.4. The van der Waals surface area contributed by atoms with Gasteiger partial charge in [0.05, 0.1) is 30.9 Å². The maximum absolute atomic E-state index is 13.2. The van der Waals surface area contributed by atoms with E-state index in [0.717, 1.165) is 37.2 Å². The van der Waals surface area contributed by atoms with Crippen molar-refractivity contribution in [3.8, 4) is 5.75 Å². The van der Waals surface area contributed by atoms with Crippen molar-refractivity contribution in [2.24, 2.45) is 0 Å². The lowest BCUT2D eigenvalue weighted by molar-refractivity contribution is 0.0937. The van der Waals surface area contributed by atoms with Crippen molar-refractivity contribution in [3.05, 3.63) is 83.3 Å². The Morgan fingerprint density at radius 2 is 1.86 bits per heavy atom. The molecule has 1 aliphatic rings. The third kappa shape index (κ3) is 6.11. The van der Waals surface area contributed by atoms with Gasteiger partial charge in [-0.25, -0.2) is 13.1 Å². The van der Waals surface area contributed by atoms with Gasteiger partial charge in [0.2, 0.25) is 10.0 Å². The van der Waals surface area contributed by atoms with Crippen LogP contribution in [0.15, 0.2) is 70.2 Å². The molecule has 1 saturated heterocycles. The number of carbonyl (C=O) groups is 1. The Morgan fingerprint density at radius 3 is 2.51 bits per heavy atom. The fraction of sp³-hybridized carbons (Fsp3) is 0.346. The van der Waals surface area contributed by atoms with E-state index < -0.39 is 10.0 Å². The van der Waals surface area contributed by atoms with Gasteiger partial charge >= 0.3 is 0 Å². The molecule has 2 heterocycles. The molecule has 0 spiro atoms. The number of nitrogens with one attached hydrogen (secondary N) is 2. The standard InChI is InChI=1S/C26H31N3O5S/c1-19-7-12-23(35(31,32)28-17-22-6-5-15-34-22)16-24(19)26(30)27-18-25(29-13-3-4-14-29)20-8-10-21(33-2)11-9-20/h5-12,15-16,25,28H,3-4,13-14,17-18H2,1-2H3,(H,27,30). The molecule has 3 aromatic rings. The molecule has 1 fully saturated rings. The molecule has 4 rings (SSSR count). The van der Waals surface area contributed by atoms with E-state index in [0.29, 0.717) is 23.4 Å². The van der Waals surface area contributed by atoms with E-state index in [1.54, 1.807) is 32.2 Å². The first-order valence-corrected chi connectivity index (χ1v) is 13.1. The lowest BCUT2D eigenvalue weighted by Gasteiger charge is -2.28. The van der Waals surface area contributed by atoms with Gasteiger partial charge in [-0.2, -0.15) is 0 Å². The van der Waals surface area contributed by atoms with Crippen molar-refractivity contribution in [2.75, 3.05) is 26.7 Å². The molecule has 1 atom stereocenters. The molecule has 35 heavy (non-hydrogen) atoms. The number of furan rings is 1. The van der Waals surface area contributed by atoms with Gasteiger partial charge in [-0.3, -0.25) is 9.69 Å². The molecule has 1 aromatic heterocycles. The average molecular weight is 498 g/mol. The smallest absolute Gasteiger partial charge is 0.251 e. The number of likely N-dealkylation sites (tertiary alicyclic amines) is 1. The highest BCUT2D eigenvalue weighted by Gasteiger charge is 2.25. The Labute approximate surface area is 206 Å². The maximum Gasteiger partial charge on any atom is 0.251 e. The number of rotatable bonds is 10. The summed E-state index contributed by atoms with van der Waals surface area (Å²) in [5.74, 6) is 0.987. The summed E-state index contributed by atoms with van der Waals surface area (Å²) in [5, 5.41) is 3.03. The minimum Gasteiger partial charge on any atom is -0.497 e. The van der Waals surface area contributed by atoms with Crippen LogP contribution in [0.2, 0.25) is 0 Å². The van der Waals surface area contributed by atoms with E-state index in [-0.39, 0.29) is 23.4 Å². The van der Waals surface area contributed by atoms with Gasteiger partial charge < -0.3 is 14.5 Å². The predicted octanol–water partition coefficient (Wildman–Crippen LogP) is 3.64. The highest BCUT2D eigenvalue weighted by atomic mass is 32.2. The molecule has 1 unspecified atom stereocenters. The monoisotopic (exact) mass is 497 g/mol. The third-order valence-electron chi connectivity index (χ3n) is 6.32. The Balaban J connectivity index is 1.48. The number of methoxy groups -OCH3 is 1. The van der Waals surface area contributed by atoms with Crippen molar-refractivity contribution in [2.45, 2.75) is 37.2 Å². The largest absolute Gasteiger partial charge is 0.497 e. The quantitative estimate of drug-likeness (QED) is 0.444. The Bertz CT molecular complexity index is 1230. The molecule has 2 aromatic carbocycles. The van der Waals surface area contributed by atoms with Crippen LogP contribution in [0.5, 0.6) is 5.75 Å². The molecule has 2 N–H and O–H groups in total. The van der Waals surface area contributed by atoms with Gasteiger partial charge in [0, 0.05) is 12.1 Å². The first kappa shape index (κ1) is 25.0. The number of hydrogen-bond donors (Lipinski definition) is 2. The van der Waals surface area contributed by atoms with Gasteiger partial charge in [0.15, 0.2) is 0 Å². The van der Waals surface area contributed by atoms with E-state index in [9.17, 15) is 13.2 Å². The fourth-order valence-electron chi connectivity index (χ4n) is 4.30. The third-order valence-corrected chi connectivity index (χ3v) is 7.72. The van der Waals surface area contributed by atoms with Gasteiger partial charge in [-0.15, -0.1) is 0 Å². The molecule has 8 nitrogen and oxygen atoms in total. The van der Waals surface area contributed by atoms with Gasteiger partial charge in [-0.05, 0) is 80.4 Å². The van der Waals surface area contributed by atoms with Crippen LogP contribution in [0.3, 0.4) is 0 Å². The minimum atomic E-state index is -3.81. The van der Waals surface area contributed by atoms with E-state index in [2.05, 4.69) is 14.9 Å². The summed E-state index contributed by atoms with van der Waals surface area (Å²) in [4.78, 5) is 15.6. The van der Waals surface area contributed by atoms with Crippen molar-refractivity contribution < 1.29 is 22.4 Å². The van der Waals surface area contributed by atoms with Crippen LogP contribution in [0, 0.1) is 6.92 Å². The van der Waals surface area contributed by atoms with Crippen molar-refractivity contribution in [1.82, 2.24) is 14.9 Å². The molecule has 0 bridgehead atoms. The summed E-state index contributed by atoms with van der Waals surface area (Å²) < 4.78 is 38.6. The number of hydrogen-bond acceptors (Lipinski definition) is 6. The molecule has 186 valence electrons. The number of aryl methyl sites for hydroxylation is 1. The highest BCUT2D eigenvalue weighted by Crippen LogP contribution is 2.26. The van der Waals surface area contributed by atoms with Crippen molar-refractivity contribution in [3.63, 3.8) is 0 Å². The zero-order chi connectivity index (χ0) is 24.8. The number of ether oxygens (including phenoxy) is 1. The maximum atomic E-state index is 13.2. The summed E-state index contributed by atoms with van der Waals surface area (Å²) in [5.41, 5.74) is 2.14. The lowest BCUT2D eigenvalue weighted by Crippen LogP contribution is -2.37. The molecular formula is C26H31N3O5S. The zero-order valence-electron chi connectivity index (χ0n) is 20.0. The highest BCUT2D eigenvalue weighted by molar-refractivity contribution is 7.89. The van der Waals surface area contributed by atoms with Crippen LogP contribution >= 0.6 is 0 Å². The predicted molar refractivity (Wildman–Crippen MR) is 133 cm³/mol. The van der Waals surface area contributed by atoms with Crippen LogP contribution in [0.1, 0.15) is 46.1 Å². The zero-order valence-corrected chi connectivity index (χ0v) is 20.8. The van der Waals surface area contributed by atoms with E-state index in [1.807, 2.05) is 24.3 Å². The van der Waals surface area contributed by atoms with Gasteiger partial charge in [0.1, 0.15) is 11.5 Å². The Kier molecular flexibility index (Phi) is 7.90. The van der Waals surface area contributed by atoms with Crippen molar-refractivity contribution >= 4 is 15.9 Å². The molecule has 0 saturated carbocycles. The number of sulfonamides is 1. The molecule has 1 amide bonds. The van der Waals surface area contributed by atoms with Gasteiger partial charge in [0.25, 0.3) is 5.91 Å². The first-order valence-electron chi connectivity index (χ1n) is 11.7. The SMILES string of the molecule is COc1ccc(C(CNC(=O)c2cc(S(=O)(=O)NCc3ccco3)ccc2C)N2CCCC2)cc1. The molecule has 0 radical (unpaired) electrons. The van der Waals surface area contributed by atoms with E-state index >= 15 is 0 Å². The van der Waals surface area contributed by atoms with Crippen LogP contribution in [0.4, 0.5) is 0 Å². The van der Waals surface area contributed by atoms with E-state index in [4.69, 9.17) is 9.15 Å². The number of carbonyl (C=O) groups excluding carboxylic acids is 1. The fourth-order valence-corrected chi connectivity index (χ4v) is 5.32. The minimum absolute atomic E-state index is 0.0227. The number of nitrogens with zero attached hydrogens (tertiary/aromatic N) is 1. The van der Waals surface area contributed by atoms with Crippen LogP contribution in [-0.2, 0) is 16.6 Å². The van der Waals surface area contributed by atoms with Crippen molar-refractivity contribution in [1.29, 1.82) is 0 Å². The summed E-state index contributed by atoms with van der Waals surface area (Å²) >= 11 is 0. The van der Waals surface area contributed by atoms with Crippen LogP contribution in [-0.4, -0.2) is 46.0 Å². The second-order valence-electron chi connectivity index (χ2n) is 8.62. The second kappa shape index (κ2) is 11.1. The number of benzene rings is 2. The summed E-state index contributed by atoms with van der Waals surface area (Å²) in [6.07, 6.45) is 3.74. The summed E-state index contributed by atoms with van der Waals surface area (Å²) in [7, 11) is -2.18. The lowest BCUT2D eigenvalue weighted by atomic mass is 10.0. The Hall–Kier alpha value is -3.14. The Morgan fingerprint density at radius 1 is 1.11 bits per heavy atom. The number of amides is 1.